The molecule has 1 saturated carbocycles. The van der Waals surface area contributed by atoms with Gasteiger partial charge in [0, 0.05) is 24.7 Å². The fourth-order valence-electron chi connectivity index (χ4n) is 3.78. The fourth-order valence-corrected chi connectivity index (χ4v) is 4.68. The lowest BCUT2D eigenvalue weighted by Crippen LogP contribution is -2.14. The Kier molecular flexibility index (Phi) is 6.56. The summed E-state index contributed by atoms with van der Waals surface area (Å²) in [7, 11) is 0. The molecular formula is C21H23N7O2S. The molecule has 0 radical (unpaired) electrons. The van der Waals surface area contributed by atoms with Gasteiger partial charge in [-0.15, -0.1) is 15.3 Å². The first kappa shape index (κ1) is 21.0. The number of rotatable bonds is 7. The van der Waals surface area contributed by atoms with Gasteiger partial charge in [0.1, 0.15) is 5.01 Å². The van der Waals surface area contributed by atoms with Gasteiger partial charge < -0.3 is 10.6 Å². The second-order valence-electron chi connectivity index (χ2n) is 7.66. The van der Waals surface area contributed by atoms with Crippen LogP contribution in [-0.2, 0) is 22.4 Å². The second-order valence-corrected chi connectivity index (χ2v) is 8.67. The van der Waals surface area contributed by atoms with Gasteiger partial charge in [0.2, 0.25) is 16.9 Å². The number of carbonyl (C=O) groups excluding carboxylic acids is 2. The van der Waals surface area contributed by atoms with E-state index in [4.69, 9.17) is 0 Å². The average Bonchev–Trinajstić information content (AvgIpc) is 3.39. The van der Waals surface area contributed by atoms with Crippen LogP contribution in [0.4, 0.5) is 10.9 Å². The van der Waals surface area contributed by atoms with Crippen LogP contribution in [0.5, 0.6) is 0 Å². The van der Waals surface area contributed by atoms with Crippen molar-refractivity contribution in [1.82, 2.24) is 25.4 Å². The van der Waals surface area contributed by atoms with Crippen molar-refractivity contribution >= 4 is 34.1 Å². The predicted octanol–water partition coefficient (Wildman–Crippen LogP) is 2.99. The molecule has 10 heteroatoms. The van der Waals surface area contributed by atoms with E-state index >= 15 is 0 Å². The van der Waals surface area contributed by atoms with Gasteiger partial charge >= 0.3 is 0 Å². The quantitative estimate of drug-likeness (QED) is 0.582. The largest absolute Gasteiger partial charge is 0.309 e. The number of anilines is 2. The minimum atomic E-state index is -0.162. The molecule has 9 nitrogen and oxygen atoms in total. The third-order valence-corrected chi connectivity index (χ3v) is 6.17. The van der Waals surface area contributed by atoms with Gasteiger partial charge in [0.15, 0.2) is 5.82 Å². The van der Waals surface area contributed by atoms with Gasteiger partial charge in [-0.25, -0.2) is 0 Å². The molecule has 1 fully saturated rings. The zero-order valence-electron chi connectivity index (χ0n) is 17.1. The number of aromatic nitrogens is 5. The summed E-state index contributed by atoms with van der Waals surface area (Å²) in [6.45, 7) is 1.44. The third-order valence-electron chi connectivity index (χ3n) is 5.17. The van der Waals surface area contributed by atoms with Gasteiger partial charge in [0.25, 0.3) is 0 Å². The zero-order valence-corrected chi connectivity index (χ0v) is 17.9. The van der Waals surface area contributed by atoms with Crippen molar-refractivity contribution in [3.05, 3.63) is 52.9 Å². The van der Waals surface area contributed by atoms with Crippen LogP contribution in [0.25, 0.3) is 0 Å². The smallest absolute Gasteiger partial charge is 0.232 e. The minimum Gasteiger partial charge on any atom is -0.309 e. The van der Waals surface area contributed by atoms with Gasteiger partial charge in [-0.3, -0.25) is 14.6 Å². The SMILES string of the molecule is CC(=O)Nc1ccc(CC2CCC(c3nnc(NC(=O)Cc4ccccn4)s3)C2)nn1. The van der Waals surface area contributed by atoms with Crippen LogP contribution in [0.15, 0.2) is 36.5 Å². The summed E-state index contributed by atoms with van der Waals surface area (Å²) in [5.74, 6) is 0.997. The molecule has 3 aromatic heterocycles. The van der Waals surface area contributed by atoms with E-state index < -0.39 is 0 Å². The number of hydrogen-bond acceptors (Lipinski definition) is 8. The van der Waals surface area contributed by atoms with Crippen LogP contribution in [-0.4, -0.2) is 37.2 Å². The molecule has 1 aliphatic rings. The van der Waals surface area contributed by atoms with E-state index in [1.54, 1.807) is 12.3 Å². The Balaban J connectivity index is 1.28. The molecule has 3 aromatic rings. The molecule has 160 valence electrons. The number of nitrogens with one attached hydrogen (secondary N) is 2. The Bertz CT molecular complexity index is 1040. The predicted molar refractivity (Wildman–Crippen MR) is 117 cm³/mol. The lowest BCUT2D eigenvalue weighted by molar-refractivity contribution is -0.116. The van der Waals surface area contributed by atoms with Crippen molar-refractivity contribution < 1.29 is 9.59 Å². The molecule has 4 rings (SSSR count). The number of pyridine rings is 1. The van der Waals surface area contributed by atoms with Crippen LogP contribution in [0.1, 0.15) is 48.5 Å². The first-order chi connectivity index (χ1) is 15.0. The maximum atomic E-state index is 12.2. The highest BCUT2D eigenvalue weighted by Crippen LogP contribution is 2.41. The van der Waals surface area contributed by atoms with Crippen LogP contribution in [0.2, 0.25) is 0 Å². The molecule has 2 atom stereocenters. The standard InChI is InChI=1S/C21H23N7O2S/c1-13(29)23-18-8-7-17(25-26-18)11-14-5-6-15(10-14)20-27-28-21(31-20)24-19(30)12-16-4-2-3-9-22-16/h2-4,7-9,14-15H,5-6,10-12H2,1H3,(H,23,26,29)(H,24,28,30). The van der Waals surface area contributed by atoms with Crippen molar-refractivity contribution in [2.24, 2.45) is 5.92 Å². The molecule has 2 unspecified atom stereocenters. The van der Waals surface area contributed by atoms with E-state index in [1.165, 1.54) is 18.3 Å². The maximum absolute atomic E-state index is 12.2. The summed E-state index contributed by atoms with van der Waals surface area (Å²) >= 11 is 1.44. The van der Waals surface area contributed by atoms with Crippen LogP contribution < -0.4 is 10.6 Å². The molecule has 31 heavy (non-hydrogen) atoms. The first-order valence-electron chi connectivity index (χ1n) is 10.2. The molecule has 0 bridgehead atoms. The number of amides is 2. The van der Waals surface area contributed by atoms with Crippen molar-refractivity contribution in [2.45, 2.75) is 44.9 Å². The molecular weight excluding hydrogens is 414 g/mol. The zero-order chi connectivity index (χ0) is 21.6. The average molecular weight is 438 g/mol. The lowest BCUT2D eigenvalue weighted by atomic mass is 10.00. The Labute approximate surface area is 183 Å². The summed E-state index contributed by atoms with van der Waals surface area (Å²) in [5, 5.41) is 23.7. The van der Waals surface area contributed by atoms with E-state index in [2.05, 4.69) is 36.0 Å². The summed E-state index contributed by atoms with van der Waals surface area (Å²) in [5.41, 5.74) is 1.64. The molecule has 2 N–H and O–H groups in total. The van der Waals surface area contributed by atoms with Crippen LogP contribution in [0.3, 0.4) is 0 Å². The normalized spacial score (nSPS) is 18.0. The van der Waals surface area contributed by atoms with E-state index in [0.717, 1.165) is 42.1 Å². The summed E-state index contributed by atoms with van der Waals surface area (Å²) in [6.07, 6.45) is 5.86. The van der Waals surface area contributed by atoms with E-state index in [-0.39, 0.29) is 18.2 Å². The van der Waals surface area contributed by atoms with Crippen LogP contribution in [0, 0.1) is 5.92 Å². The van der Waals surface area contributed by atoms with Crippen LogP contribution >= 0.6 is 11.3 Å². The molecule has 1 aliphatic carbocycles. The van der Waals surface area contributed by atoms with Gasteiger partial charge in [-0.1, -0.05) is 17.4 Å². The molecule has 2 amide bonds. The van der Waals surface area contributed by atoms with E-state index in [1.807, 2.05) is 24.3 Å². The topological polar surface area (TPSA) is 123 Å². The van der Waals surface area contributed by atoms with Gasteiger partial charge in [-0.2, -0.15) is 5.10 Å². The van der Waals surface area contributed by atoms with Gasteiger partial charge in [-0.05, 0) is 55.9 Å². The Morgan fingerprint density at radius 2 is 1.94 bits per heavy atom. The Hall–Kier alpha value is -3.27. The second kappa shape index (κ2) is 9.69. The van der Waals surface area contributed by atoms with Crippen molar-refractivity contribution in [1.29, 1.82) is 0 Å². The molecule has 0 spiro atoms. The van der Waals surface area contributed by atoms with Crippen molar-refractivity contribution in [3.8, 4) is 0 Å². The maximum Gasteiger partial charge on any atom is 0.232 e. The fraction of sp³-hybridized carbons (Fsp3) is 0.381. The number of nitrogens with zero attached hydrogens (tertiary/aromatic N) is 5. The van der Waals surface area contributed by atoms with E-state index in [0.29, 0.717) is 22.8 Å². The molecule has 0 aliphatic heterocycles. The molecule has 0 aromatic carbocycles. The van der Waals surface area contributed by atoms with E-state index in [9.17, 15) is 9.59 Å². The highest BCUT2D eigenvalue weighted by atomic mass is 32.1. The lowest BCUT2D eigenvalue weighted by Gasteiger charge is -2.09. The minimum absolute atomic E-state index is 0.146. The number of carbonyl (C=O) groups is 2. The highest BCUT2D eigenvalue weighted by Gasteiger charge is 2.29. The first-order valence-corrected chi connectivity index (χ1v) is 11.0. The Morgan fingerprint density at radius 3 is 2.68 bits per heavy atom. The monoisotopic (exact) mass is 437 g/mol. The summed E-state index contributed by atoms with van der Waals surface area (Å²) in [4.78, 5) is 27.4. The number of hydrogen-bond donors (Lipinski definition) is 2. The van der Waals surface area contributed by atoms with Gasteiger partial charge in [0.05, 0.1) is 12.1 Å². The van der Waals surface area contributed by atoms with Crippen molar-refractivity contribution in [2.75, 3.05) is 10.6 Å². The third kappa shape index (κ3) is 5.88. The highest BCUT2D eigenvalue weighted by molar-refractivity contribution is 7.15. The molecule has 3 heterocycles. The Morgan fingerprint density at radius 1 is 1.03 bits per heavy atom. The summed E-state index contributed by atoms with van der Waals surface area (Å²) < 4.78 is 0. The van der Waals surface area contributed by atoms with Crippen molar-refractivity contribution in [3.63, 3.8) is 0 Å². The molecule has 0 saturated heterocycles. The summed E-state index contributed by atoms with van der Waals surface area (Å²) in [6, 6.07) is 9.19.